The summed E-state index contributed by atoms with van der Waals surface area (Å²) in [5.41, 5.74) is 6.01. The van der Waals surface area contributed by atoms with Crippen molar-refractivity contribution in [3.05, 3.63) is 17.3 Å². The van der Waals surface area contributed by atoms with Gasteiger partial charge in [0, 0.05) is 6.04 Å². The molecule has 0 aliphatic heterocycles. The van der Waals surface area contributed by atoms with Gasteiger partial charge in [0.1, 0.15) is 16.5 Å². The minimum atomic E-state index is 0.618. The quantitative estimate of drug-likeness (QED) is 0.881. The fraction of sp³-hybridized carbons (Fsp3) is 0.571. The molecule has 0 radical (unpaired) electrons. The Balaban J connectivity index is 1.78. The Bertz CT molecular complexity index is 562. The van der Waals surface area contributed by atoms with Crippen LogP contribution >= 0.6 is 11.3 Å². The van der Waals surface area contributed by atoms with Gasteiger partial charge in [0.15, 0.2) is 0 Å². The van der Waals surface area contributed by atoms with E-state index in [2.05, 4.69) is 21.8 Å². The van der Waals surface area contributed by atoms with E-state index < -0.39 is 0 Å². The number of thiophene rings is 1. The Kier molecular flexibility index (Phi) is 3.66. The summed E-state index contributed by atoms with van der Waals surface area (Å²) >= 11 is 1.63. The molecule has 2 aromatic rings. The molecule has 3 rings (SSSR count). The number of nitrogens with two attached hydrogens (primary N) is 1. The number of unbranched alkanes of at least 4 members (excludes halogenated alkanes) is 1. The first-order chi connectivity index (χ1) is 9.28. The lowest BCUT2D eigenvalue weighted by Gasteiger charge is -2.20. The van der Waals surface area contributed by atoms with Crippen molar-refractivity contribution in [1.29, 1.82) is 0 Å². The predicted molar refractivity (Wildman–Crippen MR) is 80.2 cm³/mol. The molecule has 2 aromatic heterocycles. The maximum absolute atomic E-state index is 6.01. The normalized spacial score (nSPS) is 15.5. The van der Waals surface area contributed by atoms with E-state index in [1.807, 2.05) is 11.4 Å². The minimum absolute atomic E-state index is 0.618. The van der Waals surface area contributed by atoms with Gasteiger partial charge in [-0.2, -0.15) is 0 Å². The van der Waals surface area contributed by atoms with E-state index in [1.54, 1.807) is 11.3 Å². The lowest BCUT2D eigenvalue weighted by molar-refractivity contribution is 0.245. The molecule has 2 N–H and O–H groups in total. The van der Waals surface area contributed by atoms with Crippen LogP contribution in [-0.4, -0.2) is 27.5 Å². The van der Waals surface area contributed by atoms with Gasteiger partial charge in [0.25, 0.3) is 0 Å². The molecule has 5 heteroatoms. The predicted octanol–water partition coefficient (Wildman–Crippen LogP) is 3.04. The third kappa shape index (κ3) is 2.87. The van der Waals surface area contributed by atoms with E-state index in [1.165, 1.54) is 25.7 Å². The third-order valence-electron chi connectivity index (χ3n) is 3.61. The molecule has 0 unspecified atom stereocenters. The van der Waals surface area contributed by atoms with Crippen molar-refractivity contribution < 1.29 is 0 Å². The largest absolute Gasteiger partial charge is 0.383 e. The van der Waals surface area contributed by atoms with Crippen LogP contribution in [-0.2, 0) is 6.54 Å². The molecule has 0 amide bonds. The monoisotopic (exact) mass is 276 g/mol. The molecule has 0 saturated heterocycles. The zero-order valence-corrected chi connectivity index (χ0v) is 12.1. The molecule has 4 nitrogen and oxygen atoms in total. The average molecular weight is 276 g/mol. The first-order valence-electron chi connectivity index (χ1n) is 7.01. The summed E-state index contributed by atoms with van der Waals surface area (Å²) in [6, 6.07) is 2.74. The maximum Gasteiger partial charge on any atom is 0.146 e. The number of aromatic nitrogens is 2. The van der Waals surface area contributed by atoms with Crippen LogP contribution in [0.4, 0.5) is 5.82 Å². The fourth-order valence-corrected chi connectivity index (χ4v) is 3.16. The van der Waals surface area contributed by atoms with Gasteiger partial charge in [-0.15, -0.1) is 11.3 Å². The number of hydrogen-bond donors (Lipinski definition) is 1. The van der Waals surface area contributed by atoms with Gasteiger partial charge in [-0.25, -0.2) is 9.97 Å². The summed E-state index contributed by atoms with van der Waals surface area (Å²) in [4.78, 5) is 12.6. The highest BCUT2D eigenvalue weighted by molar-refractivity contribution is 7.16. The Labute approximate surface area is 117 Å². The van der Waals surface area contributed by atoms with Gasteiger partial charge >= 0.3 is 0 Å². The standard InChI is InChI=1S/C14H20N4S/c1-2-3-7-18(10-4-5-10)9-12-16-13(15)11-6-8-19-14(11)17-12/h6,8,10H,2-5,7,9H2,1H3,(H2,15,16,17). The zero-order chi connectivity index (χ0) is 13.2. The lowest BCUT2D eigenvalue weighted by Crippen LogP contribution is -2.27. The van der Waals surface area contributed by atoms with Crippen LogP contribution in [0.5, 0.6) is 0 Å². The summed E-state index contributed by atoms with van der Waals surface area (Å²) in [5, 5.41) is 3.01. The van der Waals surface area contributed by atoms with Crippen molar-refractivity contribution in [1.82, 2.24) is 14.9 Å². The number of rotatable bonds is 6. The van der Waals surface area contributed by atoms with E-state index in [0.29, 0.717) is 5.82 Å². The highest BCUT2D eigenvalue weighted by Crippen LogP contribution is 2.29. The number of nitrogens with zero attached hydrogens (tertiary/aromatic N) is 3. The van der Waals surface area contributed by atoms with Gasteiger partial charge in [-0.05, 0) is 37.3 Å². The highest BCUT2D eigenvalue weighted by atomic mass is 32.1. The van der Waals surface area contributed by atoms with Gasteiger partial charge < -0.3 is 5.73 Å². The van der Waals surface area contributed by atoms with Crippen LogP contribution in [0, 0.1) is 0 Å². The fourth-order valence-electron chi connectivity index (χ4n) is 2.37. The second-order valence-electron chi connectivity index (χ2n) is 5.22. The molecule has 0 aromatic carbocycles. The molecule has 1 aliphatic carbocycles. The van der Waals surface area contributed by atoms with Gasteiger partial charge in [0.2, 0.25) is 0 Å². The van der Waals surface area contributed by atoms with Crippen LogP contribution in [0.1, 0.15) is 38.4 Å². The summed E-state index contributed by atoms with van der Waals surface area (Å²) in [6.45, 7) is 4.22. The van der Waals surface area contributed by atoms with Crippen molar-refractivity contribution in [2.24, 2.45) is 0 Å². The van der Waals surface area contributed by atoms with E-state index in [4.69, 9.17) is 5.73 Å². The van der Waals surface area contributed by atoms with Crippen LogP contribution in [0.15, 0.2) is 11.4 Å². The molecule has 1 saturated carbocycles. The molecule has 2 heterocycles. The summed E-state index contributed by atoms with van der Waals surface area (Å²) in [7, 11) is 0. The smallest absolute Gasteiger partial charge is 0.146 e. The van der Waals surface area contributed by atoms with Crippen LogP contribution < -0.4 is 5.73 Å². The third-order valence-corrected chi connectivity index (χ3v) is 4.41. The number of fused-ring (bicyclic) bond motifs is 1. The molecule has 0 bridgehead atoms. The van der Waals surface area contributed by atoms with Crippen LogP contribution in [0.3, 0.4) is 0 Å². The van der Waals surface area contributed by atoms with Gasteiger partial charge in [-0.1, -0.05) is 13.3 Å². The zero-order valence-electron chi connectivity index (χ0n) is 11.3. The number of anilines is 1. The van der Waals surface area contributed by atoms with Crippen molar-refractivity contribution in [3.63, 3.8) is 0 Å². The molecule has 19 heavy (non-hydrogen) atoms. The Morgan fingerprint density at radius 3 is 3.00 bits per heavy atom. The van der Waals surface area contributed by atoms with E-state index in [0.717, 1.165) is 35.2 Å². The maximum atomic E-state index is 6.01. The molecule has 0 atom stereocenters. The molecule has 102 valence electrons. The molecule has 1 aliphatic rings. The second-order valence-corrected chi connectivity index (χ2v) is 6.11. The Hall–Kier alpha value is -1.20. The molecular formula is C14H20N4S. The SMILES string of the molecule is CCCCN(Cc1nc(N)c2ccsc2n1)C1CC1. The molecule has 0 spiro atoms. The van der Waals surface area contributed by atoms with Crippen molar-refractivity contribution in [3.8, 4) is 0 Å². The summed E-state index contributed by atoms with van der Waals surface area (Å²) < 4.78 is 0. The molecule has 1 fully saturated rings. The summed E-state index contributed by atoms with van der Waals surface area (Å²) in [5.74, 6) is 1.49. The topological polar surface area (TPSA) is 55.0 Å². The second kappa shape index (κ2) is 5.43. The van der Waals surface area contributed by atoms with Crippen molar-refractivity contribution in [2.45, 2.75) is 45.2 Å². The summed E-state index contributed by atoms with van der Waals surface area (Å²) in [6.07, 6.45) is 5.12. The van der Waals surface area contributed by atoms with E-state index >= 15 is 0 Å². The first kappa shape index (κ1) is 12.8. The van der Waals surface area contributed by atoms with E-state index in [-0.39, 0.29) is 0 Å². The number of nitrogen functional groups attached to an aromatic ring is 1. The minimum Gasteiger partial charge on any atom is -0.383 e. The highest BCUT2D eigenvalue weighted by Gasteiger charge is 2.29. The van der Waals surface area contributed by atoms with E-state index in [9.17, 15) is 0 Å². The van der Waals surface area contributed by atoms with Crippen molar-refractivity contribution >= 4 is 27.4 Å². The lowest BCUT2D eigenvalue weighted by atomic mass is 10.3. The average Bonchev–Trinajstić information content (AvgIpc) is 3.13. The van der Waals surface area contributed by atoms with Crippen molar-refractivity contribution in [2.75, 3.05) is 12.3 Å². The van der Waals surface area contributed by atoms with Gasteiger partial charge in [-0.3, -0.25) is 4.90 Å². The van der Waals surface area contributed by atoms with Crippen LogP contribution in [0.25, 0.3) is 10.2 Å². The molecular weight excluding hydrogens is 256 g/mol. The number of hydrogen-bond acceptors (Lipinski definition) is 5. The first-order valence-corrected chi connectivity index (χ1v) is 7.89. The van der Waals surface area contributed by atoms with Crippen LogP contribution in [0.2, 0.25) is 0 Å². The van der Waals surface area contributed by atoms with Gasteiger partial charge in [0.05, 0.1) is 11.9 Å². The Morgan fingerprint density at radius 2 is 2.26 bits per heavy atom. The Morgan fingerprint density at radius 1 is 1.42 bits per heavy atom.